The number of nitrogens with zero attached hydrogens (tertiary/aromatic N) is 4. The molecule has 0 radical (unpaired) electrons. The smallest absolute Gasteiger partial charge is 0.274 e. The number of amides is 1. The molecule has 1 fully saturated rings. The highest BCUT2D eigenvalue weighted by Crippen LogP contribution is 2.15. The fourth-order valence-electron chi connectivity index (χ4n) is 2.38. The van der Waals surface area contributed by atoms with E-state index >= 15 is 0 Å². The second-order valence-electron chi connectivity index (χ2n) is 5.27. The van der Waals surface area contributed by atoms with Gasteiger partial charge in [0.05, 0.1) is 5.69 Å². The summed E-state index contributed by atoms with van der Waals surface area (Å²) in [6.07, 6.45) is 0. The maximum absolute atomic E-state index is 12.4. The molecule has 0 aliphatic carbocycles. The predicted molar refractivity (Wildman–Crippen MR) is 80.9 cm³/mol. The van der Waals surface area contributed by atoms with Gasteiger partial charge in [0.1, 0.15) is 0 Å². The number of hydrogen-bond donors (Lipinski definition) is 0. The van der Waals surface area contributed by atoms with Crippen molar-refractivity contribution < 1.29 is 4.79 Å². The van der Waals surface area contributed by atoms with Gasteiger partial charge in [-0.05, 0) is 19.2 Å². The number of piperazine rings is 1. The minimum atomic E-state index is -0.0322. The number of hydrogen-bond acceptors (Lipinski definition) is 4. The average molecular weight is 282 g/mol. The summed E-state index contributed by atoms with van der Waals surface area (Å²) in [5.74, 6) is -0.0322. The second-order valence-corrected chi connectivity index (χ2v) is 5.27. The molecule has 21 heavy (non-hydrogen) atoms. The van der Waals surface area contributed by atoms with Crippen molar-refractivity contribution in [2.75, 3.05) is 33.2 Å². The van der Waals surface area contributed by atoms with Crippen molar-refractivity contribution in [3.63, 3.8) is 0 Å². The van der Waals surface area contributed by atoms with Gasteiger partial charge >= 0.3 is 0 Å². The first kappa shape index (κ1) is 13.7. The third-order valence-corrected chi connectivity index (χ3v) is 3.74. The third-order valence-electron chi connectivity index (χ3n) is 3.74. The summed E-state index contributed by atoms with van der Waals surface area (Å²) >= 11 is 0. The quantitative estimate of drug-likeness (QED) is 0.838. The lowest BCUT2D eigenvalue weighted by molar-refractivity contribution is 0.0657. The summed E-state index contributed by atoms with van der Waals surface area (Å²) < 4.78 is 0. The Morgan fingerprint density at radius 1 is 0.952 bits per heavy atom. The van der Waals surface area contributed by atoms with Gasteiger partial charge in [0, 0.05) is 31.7 Å². The molecule has 1 aliphatic heterocycles. The fraction of sp³-hybridized carbons (Fsp3) is 0.312. The molecule has 2 aromatic rings. The zero-order chi connectivity index (χ0) is 14.7. The van der Waals surface area contributed by atoms with E-state index in [0.29, 0.717) is 5.69 Å². The molecular weight excluding hydrogens is 264 g/mol. The van der Waals surface area contributed by atoms with Crippen LogP contribution < -0.4 is 0 Å². The molecule has 3 rings (SSSR count). The van der Waals surface area contributed by atoms with Crippen LogP contribution in [0.3, 0.4) is 0 Å². The van der Waals surface area contributed by atoms with Crippen LogP contribution in [0.25, 0.3) is 11.3 Å². The molecule has 2 heterocycles. The van der Waals surface area contributed by atoms with Crippen LogP contribution in [0.4, 0.5) is 0 Å². The van der Waals surface area contributed by atoms with Crippen molar-refractivity contribution in [3.8, 4) is 11.3 Å². The molecule has 1 saturated heterocycles. The van der Waals surface area contributed by atoms with Crippen LogP contribution >= 0.6 is 0 Å². The van der Waals surface area contributed by atoms with Gasteiger partial charge in [-0.1, -0.05) is 30.3 Å². The first-order valence-electron chi connectivity index (χ1n) is 7.11. The Hall–Kier alpha value is -2.27. The molecule has 5 heteroatoms. The largest absolute Gasteiger partial charge is 0.335 e. The van der Waals surface area contributed by atoms with Crippen molar-refractivity contribution in [2.45, 2.75) is 0 Å². The van der Waals surface area contributed by atoms with Gasteiger partial charge in [-0.2, -0.15) is 0 Å². The Bertz CT molecular complexity index is 604. The summed E-state index contributed by atoms with van der Waals surface area (Å²) in [5, 5.41) is 8.27. The molecule has 108 valence electrons. The first-order valence-corrected chi connectivity index (χ1v) is 7.11. The number of carbonyl (C=O) groups excluding carboxylic acids is 1. The zero-order valence-electron chi connectivity index (χ0n) is 12.1. The fourth-order valence-corrected chi connectivity index (χ4v) is 2.38. The van der Waals surface area contributed by atoms with Gasteiger partial charge in [-0.15, -0.1) is 10.2 Å². The lowest BCUT2D eigenvalue weighted by Crippen LogP contribution is -2.47. The molecule has 1 amide bonds. The number of aromatic nitrogens is 2. The van der Waals surface area contributed by atoms with E-state index in [4.69, 9.17) is 0 Å². The maximum atomic E-state index is 12.4. The van der Waals surface area contributed by atoms with E-state index in [1.54, 1.807) is 6.07 Å². The Morgan fingerprint density at radius 3 is 2.29 bits per heavy atom. The van der Waals surface area contributed by atoms with Gasteiger partial charge in [0.25, 0.3) is 5.91 Å². The van der Waals surface area contributed by atoms with E-state index in [1.165, 1.54) is 0 Å². The van der Waals surface area contributed by atoms with Crippen molar-refractivity contribution in [1.29, 1.82) is 0 Å². The number of carbonyl (C=O) groups is 1. The van der Waals surface area contributed by atoms with Crippen LogP contribution in [0, 0.1) is 0 Å². The average Bonchev–Trinajstić information content (AvgIpc) is 2.56. The molecule has 0 N–H and O–H groups in total. The molecule has 1 aromatic heterocycles. The highest BCUT2D eigenvalue weighted by molar-refractivity contribution is 5.92. The second kappa shape index (κ2) is 6.01. The van der Waals surface area contributed by atoms with Gasteiger partial charge in [-0.25, -0.2) is 0 Å². The molecule has 0 bridgehead atoms. The van der Waals surface area contributed by atoms with Crippen LogP contribution in [-0.4, -0.2) is 59.1 Å². The van der Waals surface area contributed by atoms with Crippen molar-refractivity contribution >= 4 is 5.91 Å². The Kier molecular flexibility index (Phi) is 3.92. The highest BCUT2D eigenvalue weighted by atomic mass is 16.2. The van der Waals surface area contributed by atoms with Gasteiger partial charge < -0.3 is 9.80 Å². The van der Waals surface area contributed by atoms with Crippen molar-refractivity contribution in [1.82, 2.24) is 20.0 Å². The van der Waals surface area contributed by atoms with E-state index < -0.39 is 0 Å². The highest BCUT2D eigenvalue weighted by Gasteiger charge is 2.21. The molecular formula is C16H18N4O. The molecule has 0 atom stereocenters. The van der Waals surface area contributed by atoms with E-state index in [9.17, 15) is 4.79 Å². The van der Waals surface area contributed by atoms with Crippen LogP contribution in [0.15, 0.2) is 42.5 Å². The van der Waals surface area contributed by atoms with Crippen molar-refractivity contribution in [2.24, 2.45) is 0 Å². The Morgan fingerprint density at radius 2 is 1.67 bits per heavy atom. The third kappa shape index (κ3) is 3.08. The van der Waals surface area contributed by atoms with E-state index in [0.717, 1.165) is 37.4 Å². The molecule has 0 saturated carbocycles. The standard InChI is InChI=1S/C16H18N4O/c1-19-9-11-20(12-10-19)16(21)15-8-7-14(17-18-15)13-5-3-2-4-6-13/h2-8H,9-12H2,1H3. The summed E-state index contributed by atoms with van der Waals surface area (Å²) in [6, 6.07) is 13.4. The Balaban J connectivity index is 1.73. The summed E-state index contributed by atoms with van der Waals surface area (Å²) in [5.41, 5.74) is 2.20. The topological polar surface area (TPSA) is 49.3 Å². The molecule has 0 spiro atoms. The number of rotatable bonds is 2. The molecule has 5 nitrogen and oxygen atoms in total. The summed E-state index contributed by atoms with van der Waals surface area (Å²) in [4.78, 5) is 16.4. The SMILES string of the molecule is CN1CCN(C(=O)c2ccc(-c3ccccc3)nn2)CC1. The van der Waals surface area contributed by atoms with E-state index in [1.807, 2.05) is 41.3 Å². The lowest BCUT2D eigenvalue weighted by atomic mass is 10.1. The minimum Gasteiger partial charge on any atom is -0.335 e. The van der Waals surface area contributed by atoms with Crippen LogP contribution in [-0.2, 0) is 0 Å². The van der Waals surface area contributed by atoms with Crippen LogP contribution in [0.5, 0.6) is 0 Å². The normalized spacial score (nSPS) is 16.0. The van der Waals surface area contributed by atoms with Gasteiger partial charge in [0.15, 0.2) is 5.69 Å². The molecule has 0 unspecified atom stereocenters. The monoisotopic (exact) mass is 282 g/mol. The van der Waals surface area contributed by atoms with Crippen LogP contribution in [0.1, 0.15) is 10.5 Å². The molecule has 1 aromatic carbocycles. The Labute approximate surface area is 124 Å². The maximum Gasteiger partial charge on any atom is 0.274 e. The number of likely N-dealkylation sites (N-methyl/N-ethyl adjacent to an activating group) is 1. The zero-order valence-corrected chi connectivity index (χ0v) is 12.1. The molecule has 1 aliphatic rings. The first-order chi connectivity index (χ1) is 10.2. The number of benzene rings is 1. The van der Waals surface area contributed by atoms with Gasteiger partial charge in [0.2, 0.25) is 0 Å². The van der Waals surface area contributed by atoms with E-state index in [-0.39, 0.29) is 5.91 Å². The predicted octanol–water partition coefficient (Wildman–Crippen LogP) is 1.53. The summed E-state index contributed by atoms with van der Waals surface area (Å²) in [6.45, 7) is 3.30. The van der Waals surface area contributed by atoms with Crippen LogP contribution in [0.2, 0.25) is 0 Å². The van der Waals surface area contributed by atoms with Crippen molar-refractivity contribution in [3.05, 3.63) is 48.2 Å². The summed E-state index contributed by atoms with van der Waals surface area (Å²) in [7, 11) is 2.07. The lowest BCUT2D eigenvalue weighted by Gasteiger charge is -2.32. The van der Waals surface area contributed by atoms with Gasteiger partial charge in [-0.3, -0.25) is 4.79 Å². The van der Waals surface area contributed by atoms with E-state index in [2.05, 4.69) is 22.1 Å². The minimum absolute atomic E-state index is 0.0322.